The first-order valence-corrected chi connectivity index (χ1v) is 5.25. The third-order valence-electron chi connectivity index (χ3n) is 2.71. The highest BCUT2D eigenvalue weighted by molar-refractivity contribution is 7.80. The lowest BCUT2D eigenvalue weighted by atomic mass is 10.1. The Labute approximate surface area is 110 Å². The van der Waals surface area contributed by atoms with Gasteiger partial charge in [0.1, 0.15) is 5.82 Å². The van der Waals surface area contributed by atoms with Crippen molar-refractivity contribution >= 4 is 24.2 Å². The molecule has 2 rings (SSSR count). The second-order valence-electron chi connectivity index (χ2n) is 3.76. The number of hydrogen-bond acceptors (Lipinski definition) is 1. The summed E-state index contributed by atoms with van der Waals surface area (Å²) >= 11 is 8.27. The van der Waals surface area contributed by atoms with Crippen LogP contribution in [0.1, 0.15) is 11.1 Å². The summed E-state index contributed by atoms with van der Waals surface area (Å²) in [4.78, 5) is -1.24. The van der Waals surface area contributed by atoms with Gasteiger partial charge in [-0.1, -0.05) is 11.6 Å². The van der Waals surface area contributed by atoms with Crippen molar-refractivity contribution in [2.45, 2.75) is 22.7 Å². The molecule has 106 valence electrons. The Bertz CT molecular complexity index is 533. The summed E-state index contributed by atoms with van der Waals surface area (Å²) < 4.78 is 106. The van der Waals surface area contributed by atoms with Crippen molar-refractivity contribution in [3.8, 4) is 0 Å². The number of rotatable bonds is 0. The predicted molar refractivity (Wildman–Crippen MR) is 51.4 cm³/mol. The Morgan fingerprint density at radius 2 is 1.16 bits per heavy atom. The van der Waals surface area contributed by atoms with Crippen LogP contribution in [0, 0.1) is 11.6 Å². The molecule has 0 N–H and O–H groups in total. The molecule has 0 bridgehead atoms. The van der Waals surface area contributed by atoms with E-state index in [9.17, 15) is 35.1 Å². The molecule has 0 atom stereocenters. The summed E-state index contributed by atoms with van der Waals surface area (Å²) in [6.45, 7) is 0. The lowest BCUT2D eigenvalue weighted by molar-refractivity contribution is -0.303. The molecule has 0 nitrogen and oxygen atoms in total. The Morgan fingerprint density at radius 3 is 1.58 bits per heavy atom. The topological polar surface area (TPSA) is 0 Å². The zero-order valence-corrected chi connectivity index (χ0v) is 10.00. The van der Waals surface area contributed by atoms with E-state index in [0.29, 0.717) is 0 Å². The Balaban J connectivity index is 3.02. The molecule has 0 amide bonds. The molecule has 0 heterocycles. The van der Waals surface area contributed by atoms with Gasteiger partial charge in [0.15, 0.2) is 5.82 Å². The summed E-state index contributed by atoms with van der Waals surface area (Å²) in [5.41, 5.74) is -4.86. The van der Waals surface area contributed by atoms with Gasteiger partial charge in [0.05, 0.1) is 21.0 Å². The molecule has 0 saturated heterocycles. The molecule has 10 heteroatoms. The summed E-state index contributed by atoms with van der Waals surface area (Å²) in [5.74, 6) is -21.6. The number of benzene rings is 1. The van der Waals surface area contributed by atoms with Crippen molar-refractivity contribution in [3.63, 3.8) is 0 Å². The van der Waals surface area contributed by atoms with Gasteiger partial charge in [0, 0.05) is 0 Å². The van der Waals surface area contributed by atoms with Gasteiger partial charge in [0.2, 0.25) is 0 Å². The summed E-state index contributed by atoms with van der Waals surface area (Å²) in [7, 11) is 0. The molecule has 0 unspecified atom stereocenters. The Morgan fingerprint density at radius 1 is 0.789 bits per heavy atom. The normalized spacial score (nSPS) is 22.4. The average molecular weight is 329 g/mol. The van der Waals surface area contributed by atoms with E-state index in [1.54, 1.807) is 0 Å². The van der Waals surface area contributed by atoms with Crippen molar-refractivity contribution < 1.29 is 35.1 Å². The van der Waals surface area contributed by atoms with E-state index in [1.165, 1.54) is 0 Å². The lowest BCUT2D eigenvalue weighted by Gasteiger charge is -2.23. The van der Waals surface area contributed by atoms with Crippen LogP contribution in [-0.4, -0.2) is 5.92 Å². The number of thiol groups is 1. The second kappa shape index (κ2) is 3.69. The van der Waals surface area contributed by atoms with Gasteiger partial charge in [-0.3, -0.25) is 0 Å². The molecule has 19 heavy (non-hydrogen) atoms. The molecule has 1 aromatic carbocycles. The van der Waals surface area contributed by atoms with Crippen LogP contribution >= 0.6 is 24.2 Å². The molecule has 1 aromatic rings. The Kier molecular flexibility index (Phi) is 2.85. The van der Waals surface area contributed by atoms with E-state index in [-0.39, 0.29) is 0 Å². The first kappa shape index (κ1) is 14.7. The van der Waals surface area contributed by atoms with Crippen molar-refractivity contribution in [2.75, 3.05) is 0 Å². The van der Waals surface area contributed by atoms with Crippen molar-refractivity contribution in [1.82, 2.24) is 0 Å². The molecular weight excluding hydrogens is 328 g/mol. The third kappa shape index (κ3) is 1.43. The van der Waals surface area contributed by atoms with Crippen LogP contribution in [0.15, 0.2) is 4.90 Å². The van der Waals surface area contributed by atoms with E-state index in [4.69, 9.17) is 11.6 Å². The maximum Gasteiger partial charge on any atom is 0.380 e. The molecule has 0 aliphatic heterocycles. The van der Waals surface area contributed by atoms with E-state index >= 15 is 0 Å². The molecule has 0 spiro atoms. The molecule has 0 aromatic heterocycles. The SMILES string of the molecule is Fc1c(S)c(Cl)c(F)c2c1C(F)(F)C(F)(F)C2(F)F. The maximum atomic E-state index is 13.5. The molecule has 1 aliphatic rings. The molecule has 1 aliphatic carbocycles. The fourth-order valence-electron chi connectivity index (χ4n) is 1.75. The minimum atomic E-state index is -5.98. The zero-order chi connectivity index (χ0) is 15.0. The predicted octanol–water partition coefficient (Wildman–Crippen LogP) is 4.74. The monoisotopic (exact) mass is 328 g/mol. The largest absolute Gasteiger partial charge is 0.380 e. The van der Waals surface area contributed by atoms with Crippen LogP contribution in [0.25, 0.3) is 0 Å². The summed E-state index contributed by atoms with van der Waals surface area (Å²) in [6.07, 6.45) is 0. The van der Waals surface area contributed by atoms with Gasteiger partial charge >= 0.3 is 17.8 Å². The number of hydrogen-bond donors (Lipinski definition) is 1. The van der Waals surface area contributed by atoms with Crippen molar-refractivity contribution in [3.05, 3.63) is 27.8 Å². The van der Waals surface area contributed by atoms with Gasteiger partial charge in [-0.25, -0.2) is 8.78 Å². The minimum Gasteiger partial charge on any atom is -0.205 e. The van der Waals surface area contributed by atoms with Crippen LogP contribution in [0.4, 0.5) is 35.1 Å². The quantitative estimate of drug-likeness (QED) is 0.397. The standard InChI is InChI=1S/C9HClF8S/c10-3-4(11)1-2(5(12)6(3)19)8(15,16)9(17,18)7(1,13)14/h19H. The van der Waals surface area contributed by atoms with E-state index < -0.39 is 50.4 Å². The van der Waals surface area contributed by atoms with Crippen molar-refractivity contribution in [2.24, 2.45) is 0 Å². The van der Waals surface area contributed by atoms with Gasteiger partial charge < -0.3 is 0 Å². The van der Waals surface area contributed by atoms with E-state index in [0.717, 1.165) is 0 Å². The third-order valence-corrected chi connectivity index (χ3v) is 3.62. The van der Waals surface area contributed by atoms with Crippen LogP contribution in [-0.2, 0) is 11.8 Å². The van der Waals surface area contributed by atoms with Gasteiger partial charge in [-0.15, -0.1) is 12.6 Å². The first-order chi connectivity index (χ1) is 8.39. The van der Waals surface area contributed by atoms with Crippen LogP contribution in [0.3, 0.4) is 0 Å². The van der Waals surface area contributed by atoms with Crippen LogP contribution in [0.5, 0.6) is 0 Å². The smallest absolute Gasteiger partial charge is 0.205 e. The fraction of sp³-hybridized carbons (Fsp3) is 0.333. The highest BCUT2D eigenvalue weighted by Crippen LogP contribution is 2.65. The van der Waals surface area contributed by atoms with Crippen molar-refractivity contribution in [1.29, 1.82) is 0 Å². The van der Waals surface area contributed by atoms with E-state index in [1.807, 2.05) is 0 Å². The highest BCUT2D eigenvalue weighted by atomic mass is 35.5. The maximum absolute atomic E-state index is 13.5. The Hall–Kier alpha value is -0.700. The molecule has 0 saturated carbocycles. The average Bonchev–Trinajstić information content (AvgIpc) is 2.39. The number of fused-ring (bicyclic) bond motifs is 1. The second-order valence-corrected chi connectivity index (χ2v) is 4.59. The molecule has 0 radical (unpaired) electrons. The first-order valence-electron chi connectivity index (χ1n) is 4.42. The van der Waals surface area contributed by atoms with Gasteiger partial charge in [-0.2, -0.15) is 26.3 Å². The summed E-state index contributed by atoms with van der Waals surface area (Å²) in [5, 5.41) is -1.37. The van der Waals surface area contributed by atoms with Gasteiger partial charge in [0.25, 0.3) is 0 Å². The molecular formula is C9HClF8S. The zero-order valence-electron chi connectivity index (χ0n) is 8.35. The molecule has 0 fully saturated rings. The fourth-order valence-corrected chi connectivity index (χ4v) is 2.14. The van der Waals surface area contributed by atoms with Crippen LogP contribution in [0.2, 0.25) is 5.02 Å². The van der Waals surface area contributed by atoms with E-state index in [2.05, 4.69) is 12.6 Å². The van der Waals surface area contributed by atoms with Gasteiger partial charge in [-0.05, 0) is 0 Å². The summed E-state index contributed by atoms with van der Waals surface area (Å²) in [6, 6.07) is 0. The highest BCUT2D eigenvalue weighted by Gasteiger charge is 2.81. The van der Waals surface area contributed by atoms with Crippen LogP contribution < -0.4 is 0 Å². The lowest BCUT2D eigenvalue weighted by Crippen LogP contribution is -2.43. The minimum absolute atomic E-state index is 1.24. The number of halogens is 9. The number of alkyl halides is 6.